The Morgan fingerprint density at radius 1 is 1.29 bits per heavy atom. The largest absolute Gasteiger partial charge is 0.504 e. The van der Waals surface area contributed by atoms with E-state index in [1.165, 1.54) is 0 Å². The molecule has 0 saturated heterocycles. The predicted molar refractivity (Wildman–Crippen MR) is 79.9 cm³/mol. The monoisotopic (exact) mass is 289 g/mol. The molecule has 0 aromatic rings. The predicted octanol–water partition coefficient (Wildman–Crippen LogP) is 2.41. The lowest BCUT2D eigenvalue weighted by molar-refractivity contribution is -0.129. The van der Waals surface area contributed by atoms with E-state index in [0.717, 1.165) is 31.5 Å². The van der Waals surface area contributed by atoms with E-state index in [4.69, 9.17) is 0 Å². The van der Waals surface area contributed by atoms with Crippen molar-refractivity contribution in [3.05, 3.63) is 23.0 Å². The van der Waals surface area contributed by atoms with Gasteiger partial charge in [-0.2, -0.15) is 0 Å². The lowest BCUT2D eigenvalue weighted by atomic mass is 9.63. The molecule has 114 valence electrons. The van der Waals surface area contributed by atoms with E-state index >= 15 is 0 Å². The Bertz CT molecular complexity index is 560. The highest BCUT2D eigenvalue weighted by molar-refractivity contribution is 6.13. The third kappa shape index (κ3) is 2.08. The molecule has 4 heteroatoms. The van der Waals surface area contributed by atoms with Crippen molar-refractivity contribution in [3.8, 4) is 0 Å². The van der Waals surface area contributed by atoms with Crippen LogP contribution in [0.15, 0.2) is 23.0 Å². The molecule has 1 heterocycles. The molecule has 0 radical (unpaired) electrons. The van der Waals surface area contributed by atoms with E-state index < -0.39 is 5.41 Å². The van der Waals surface area contributed by atoms with Crippen molar-refractivity contribution in [2.45, 2.75) is 39.0 Å². The Labute approximate surface area is 125 Å². The van der Waals surface area contributed by atoms with Crippen LogP contribution >= 0.6 is 0 Å². The Morgan fingerprint density at radius 3 is 2.81 bits per heavy atom. The number of rotatable bonds is 0. The molecule has 0 bridgehead atoms. The molecule has 2 aliphatic carbocycles. The van der Waals surface area contributed by atoms with E-state index in [1.54, 1.807) is 6.92 Å². The lowest BCUT2D eigenvalue weighted by Gasteiger charge is -2.38. The van der Waals surface area contributed by atoms with Crippen molar-refractivity contribution < 1.29 is 14.7 Å². The van der Waals surface area contributed by atoms with Crippen LogP contribution in [0.3, 0.4) is 0 Å². The van der Waals surface area contributed by atoms with E-state index in [2.05, 4.69) is 11.9 Å². The van der Waals surface area contributed by atoms with Gasteiger partial charge < -0.3 is 10.0 Å². The second-order valence-corrected chi connectivity index (χ2v) is 6.77. The van der Waals surface area contributed by atoms with Crippen LogP contribution in [0.2, 0.25) is 0 Å². The van der Waals surface area contributed by atoms with Crippen LogP contribution in [0.5, 0.6) is 0 Å². The molecule has 4 nitrogen and oxygen atoms in total. The van der Waals surface area contributed by atoms with Gasteiger partial charge in [0.25, 0.3) is 0 Å². The molecule has 2 atom stereocenters. The molecule has 1 fully saturated rings. The highest BCUT2D eigenvalue weighted by Gasteiger charge is 2.58. The topological polar surface area (TPSA) is 57.6 Å². The molecule has 0 amide bonds. The third-order valence-corrected chi connectivity index (χ3v) is 5.46. The minimum Gasteiger partial charge on any atom is -0.504 e. The number of hydrogen-bond acceptors (Lipinski definition) is 4. The maximum Gasteiger partial charge on any atom is 0.207 e. The number of aliphatic hydroxyl groups is 1. The zero-order valence-corrected chi connectivity index (χ0v) is 12.8. The average Bonchev–Trinajstić information content (AvgIpc) is 2.74. The summed E-state index contributed by atoms with van der Waals surface area (Å²) in [5.74, 6) is -0.152. The van der Waals surface area contributed by atoms with Gasteiger partial charge >= 0.3 is 0 Å². The van der Waals surface area contributed by atoms with Crippen LogP contribution in [0.25, 0.3) is 0 Å². The summed E-state index contributed by atoms with van der Waals surface area (Å²) in [6, 6.07) is 0. The van der Waals surface area contributed by atoms with E-state index in [1.807, 2.05) is 6.08 Å². The summed E-state index contributed by atoms with van der Waals surface area (Å²) in [7, 11) is 2.07. The van der Waals surface area contributed by atoms with Crippen molar-refractivity contribution in [2.75, 3.05) is 20.1 Å². The van der Waals surface area contributed by atoms with Crippen LogP contribution in [0.4, 0.5) is 0 Å². The van der Waals surface area contributed by atoms with Crippen LogP contribution in [-0.4, -0.2) is 41.7 Å². The lowest BCUT2D eigenvalue weighted by Crippen LogP contribution is -2.41. The highest BCUT2D eigenvalue weighted by atomic mass is 16.3. The number of allylic oxidation sites excluding steroid dienone is 3. The summed E-state index contributed by atoms with van der Waals surface area (Å²) in [5.41, 5.74) is 0.680. The van der Waals surface area contributed by atoms with Gasteiger partial charge in [0.05, 0.1) is 5.41 Å². The highest BCUT2D eigenvalue weighted by Crippen LogP contribution is 2.55. The zero-order chi connectivity index (χ0) is 15.2. The van der Waals surface area contributed by atoms with Crippen molar-refractivity contribution in [3.63, 3.8) is 0 Å². The molecule has 21 heavy (non-hydrogen) atoms. The SMILES string of the molecule is CC1=C(O)C(=O)[C@]23CCCN(C)CC/C=C\2C(=O)C[C@@H]3C1. The number of carbonyl (C=O) groups is 2. The second kappa shape index (κ2) is 5.09. The molecular formula is C17H23NO3. The fourth-order valence-electron chi connectivity index (χ4n) is 4.32. The van der Waals surface area contributed by atoms with Gasteiger partial charge in [0.2, 0.25) is 5.78 Å². The summed E-state index contributed by atoms with van der Waals surface area (Å²) in [6.45, 7) is 3.64. The molecule has 0 unspecified atom stereocenters. The molecule has 3 rings (SSSR count). The van der Waals surface area contributed by atoms with E-state index in [-0.39, 0.29) is 23.2 Å². The normalized spacial score (nSPS) is 37.2. The first-order valence-electron chi connectivity index (χ1n) is 7.82. The molecule has 1 spiro atoms. The number of Topliss-reactive ketones (excluding diaryl/α,β-unsaturated/α-hetero) is 2. The van der Waals surface area contributed by atoms with Gasteiger partial charge in [0.1, 0.15) is 0 Å². The smallest absolute Gasteiger partial charge is 0.207 e. The summed E-state index contributed by atoms with van der Waals surface area (Å²) in [4.78, 5) is 27.6. The molecule has 0 aromatic heterocycles. The zero-order valence-electron chi connectivity index (χ0n) is 12.8. The van der Waals surface area contributed by atoms with Gasteiger partial charge in [0.15, 0.2) is 11.5 Å². The van der Waals surface area contributed by atoms with Gasteiger partial charge in [-0.25, -0.2) is 0 Å². The second-order valence-electron chi connectivity index (χ2n) is 6.77. The summed E-state index contributed by atoms with van der Waals surface area (Å²) in [5, 5.41) is 10.2. The fraction of sp³-hybridized carbons (Fsp3) is 0.647. The maximum absolute atomic E-state index is 12.9. The minimum absolute atomic E-state index is 0.0445. The standard InChI is InChI=1S/C17H23NO3/c1-11-9-12-10-14(19)13-5-3-7-18(2)8-4-6-17(12,13)16(21)15(11)20/h5,12,20H,3-4,6-10H2,1-2H3/b13-5-/t12-,17-/m0/s1. The summed E-state index contributed by atoms with van der Waals surface area (Å²) in [6.07, 6.45) is 5.44. The fourth-order valence-corrected chi connectivity index (χ4v) is 4.32. The van der Waals surface area contributed by atoms with Crippen molar-refractivity contribution in [1.29, 1.82) is 0 Å². The average molecular weight is 289 g/mol. The first-order chi connectivity index (χ1) is 9.96. The number of carbonyl (C=O) groups excluding carboxylic acids is 2. The molecule has 3 aliphatic rings. The van der Waals surface area contributed by atoms with E-state index in [0.29, 0.717) is 24.8 Å². The van der Waals surface area contributed by atoms with Crippen molar-refractivity contribution >= 4 is 11.6 Å². The van der Waals surface area contributed by atoms with Gasteiger partial charge in [-0.15, -0.1) is 0 Å². The van der Waals surface area contributed by atoms with Gasteiger partial charge in [-0.3, -0.25) is 9.59 Å². The number of hydrogen-bond donors (Lipinski definition) is 1. The number of nitrogens with zero attached hydrogens (tertiary/aromatic N) is 1. The Balaban J connectivity index is 2.09. The maximum atomic E-state index is 12.9. The van der Waals surface area contributed by atoms with Crippen LogP contribution in [-0.2, 0) is 9.59 Å². The third-order valence-electron chi connectivity index (χ3n) is 5.46. The Hall–Kier alpha value is -1.42. The number of aliphatic hydroxyl groups excluding tert-OH is 1. The number of ketones is 2. The minimum atomic E-state index is -0.744. The van der Waals surface area contributed by atoms with Crippen molar-refractivity contribution in [1.82, 2.24) is 4.90 Å². The molecule has 1 saturated carbocycles. The first-order valence-corrected chi connectivity index (χ1v) is 7.82. The quantitative estimate of drug-likeness (QED) is 0.744. The molecule has 0 aromatic carbocycles. The molecular weight excluding hydrogens is 266 g/mol. The van der Waals surface area contributed by atoms with Gasteiger partial charge in [0, 0.05) is 18.5 Å². The van der Waals surface area contributed by atoms with Gasteiger partial charge in [-0.1, -0.05) is 6.08 Å². The van der Waals surface area contributed by atoms with E-state index in [9.17, 15) is 14.7 Å². The molecule has 1 aliphatic heterocycles. The Kier molecular flexibility index (Phi) is 3.52. The molecule has 1 N–H and O–H groups in total. The van der Waals surface area contributed by atoms with Crippen LogP contribution in [0, 0.1) is 11.3 Å². The summed E-state index contributed by atoms with van der Waals surface area (Å²) >= 11 is 0. The van der Waals surface area contributed by atoms with Gasteiger partial charge in [-0.05, 0) is 57.7 Å². The summed E-state index contributed by atoms with van der Waals surface area (Å²) < 4.78 is 0. The van der Waals surface area contributed by atoms with Crippen LogP contribution < -0.4 is 0 Å². The van der Waals surface area contributed by atoms with Crippen LogP contribution in [0.1, 0.15) is 39.0 Å². The first kappa shape index (κ1) is 14.5. The Morgan fingerprint density at radius 2 is 2.05 bits per heavy atom. The van der Waals surface area contributed by atoms with Crippen molar-refractivity contribution in [2.24, 2.45) is 11.3 Å².